The zero-order chi connectivity index (χ0) is 23.6. The van der Waals surface area contributed by atoms with Gasteiger partial charge in [0.1, 0.15) is 0 Å². The molecule has 0 aliphatic carbocycles. The van der Waals surface area contributed by atoms with Gasteiger partial charge in [-0.15, -0.1) is 0 Å². The maximum absolute atomic E-state index is 4.77. The zero-order valence-corrected chi connectivity index (χ0v) is 21.1. The molecule has 0 atom stereocenters. The monoisotopic (exact) mass is 458 g/mol. The summed E-state index contributed by atoms with van der Waals surface area (Å²) < 4.78 is 0. The molecular weight excluding hydrogens is 424 g/mol. The van der Waals surface area contributed by atoms with Crippen molar-refractivity contribution in [1.82, 2.24) is 9.97 Å². The van der Waals surface area contributed by atoms with Crippen LogP contribution in [0.1, 0.15) is 42.3 Å². The van der Waals surface area contributed by atoms with E-state index >= 15 is 0 Å². The highest BCUT2D eigenvalue weighted by atomic mass is 32.2. The number of nitrogens with zero attached hydrogens (tertiary/aromatic N) is 4. The van der Waals surface area contributed by atoms with Crippen molar-refractivity contribution in [3.63, 3.8) is 0 Å². The Bertz CT molecular complexity index is 988. The van der Waals surface area contributed by atoms with Crippen LogP contribution in [0.15, 0.2) is 59.8 Å². The second-order valence-corrected chi connectivity index (χ2v) is 9.40. The summed E-state index contributed by atoms with van der Waals surface area (Å²) in [5, 5.41) is 0.830. The average Bonchev–Trinajstić information content (AvgIpc) is 2.82. The Hall–Kier alpha value is -3.05. The molecule has 3 rings (SSSR count). The van der Waals surface area contributed by atoms with E-state index in [9.17, 15) is 0 Å². The van der Waals surface area contributed by atoms with Crippen molar-refractivity contribution in [2.24, 2.45) is 0 Å². The first-order valence-electron chi connectivity index (χ1n) is 11.4. The highest BCUT2D eigenvalue weighted by Gasteiger charge is 2.03. The van der Waals surface area contributed by atoms with Crippen LogP contribution in [-0.2, 0) is 0 Å². The summed E-state index contributed by atoms with van der Waals surface area (Å²) in [6.07, 6.45) is 10.7. The number of aromatic nitrogens is 2. The molecule has 5 heteroatoms. The number of benzene rings is 2. The van der Waals surface area contributed by atoms with Crippen LogP contribution in [0, 0.1) is 0 Å². The third-order valence-corrected chi connectivity index (χ3v) is 6.12. The second kappa shape index (κ2) is 12.3. The molecule has 0 amide bonds. The molecule has 0 saturated carbocycles. The first-order chi connectivity index (χ1) is 15.9. The lowest BCUT2D eigenvalue weighted by molar-refractivity contribution is 0.886. The van der Waals surface area contributed by atoms with Crippen molar-refractivity contribution in [2.75, 3.05) is 43.7 Å². The molecule has 2 aromatic carbocycles. The standard InChI is InChI=1S/C28H34N4S/c1-6-7-20-33-28-29-24(14-8-22-10-16-26(17-11-22)31(2)3)21-25(30-28)15-9-23-12-18-27(19-13-23)32(4)5/h8-19,21H,6-7,20H2,1-5H3/b14-8+,15-9+. The van der Waals surface area contributed by atoms with E-state index in [4.69, 9.17) is 9.97 Å². The lowest BCUT2D eigenvalue weighted by Gasteiger charge is -2.11. The molecule has 4 nitrogen and oxygen atoms in total. The SMILES string of the molecule is CCCCSc1nc(/C=C/c2ccc(N(C)C)cc2)cc(/C=C/c2ccc(N(C)C)cc2)n1. The zero-order valence-electron chi connectivity index (χ0n) is 20.3. The maximum Gasteiger partial charge on any atom is 0.188 e. The van der Waals surface area contributed by atoms with Gasteiger partial charge in [-0.05, 0) is 60.0 Å². The molecule has 1 heterocycles. The van der Waals surface area contributed by atoms with E-state index in [1.165, 1.54) is 17.8 Å². The third kappa shape index (κ3) is 7.79. The summed E-state index contributed by atoms with van der Waals surface area (Å²) in [5.41, 5.74) is 6.52. The molecule has 0 bridgehead atoms. The lowest BCUT2D eigenvalue weighted by Crippen LogP contribution is -2.07. The number of thioether (sulfide) groups is 1. The molecule has 0 saturated heterocycles. The molecule has 0 aliphatic heterocycles. The molecule has 0 spiro atoms. The fraction of sp³-hybridized carbons (Fsp3) is 0.286. The van der Waals surface area contributed by atoms with Gasteiger partial charge in [0.25, 0.3) is 0 Å². The molecule has 3 aromatic rings. The Morgan fingerprint density at radius 1 is 0.697 bits per heavy atom. The van der Waals surface area contributed by atoms with E-state index in [1.54, 1.807) is 11.8 Å². The largest absolute Gasteiger partial charge is 0.378 e. The lowest BCUT2D eigenvalue weighted by atomic mass is 10.1. The fourth-order valence-corrected chi connectivity index (χ4v) is 4.09. The van der Waals surface area contributed by atoms with Gasteiger partial charge in [-0.25, -0.2) is 9.97 Å². The minimum absolute atomic E-state index is 0.830. The van der Waals surface area contributed by atoms with Crippen molar-refractivity contribution in [3.05, 3.63) is 77.1 Å². The molecular formula is C28H34N4S. The van der Waals surface area contributed by atoms with Crippen LogP contribution in [0.3, 0.4) is 0 Å². The van der Waals surface area contributed by atoms with Gasteiger partial charge in [0, 0.05) is 45.3 Å². The summed E-state index contributed by atoms with van der Waals surface area (Å²) in [6, 6.07) is 19.1. The Labute approximate surface area is 203 Å². The van der Waals surface area contributed by atoms with Crippen LogP contribution in [0.4, 0.5) is 11.4 Å². The van der Waals surface area contributed by atoms with E-state index in [0.29, 0.717) is 0 Å². The Morgan fingerprint density at radius 3 is 1.55 bits per heavy atom. The topological polar surface area (TPSA) is 32.3 Å². The number of anilines is 2. The first-order valence-corrected chi connectivity index (χ1v) is 12.4. The number of hydrogen-bond donors (Lipinski definition) is 0. The minimum Gasteiger partial charge on any atom is -0.378 e. The van der Waals surface area contributed by atoms with Gasteiger partial charge >= 0.3 is 0 Å². The maximum atomic E-state index is 4.77. The second-order valence-electron chi connectivity index (χ2n) is 8.34. The molecule has 0 N–H and O–H groups in total. The normalized spacial score (nSPS) is 11.4. The molecule has 0 unspecified atom stereocenters. The molecule has 0 aliphatic rings. The highest BCUT2D eigenvalue weighted by Crippen LogP contribution is 2.20. The van der Waals surface area contributed by atoms with E-state index in [0.717, 1.165) is 39.8 Å². The quantitative estimate of drug-likeness (QED) is 0.189. The van der Waals surface area contributed by atoms with Crippen LogP contribution >= 0.6 is 11.8 Å². The number of unbranched alkanes of at least 4 members (excludes halogenated alkanes) is 1. The Morgan fingerprint density at radius 2 is 1.15 bits per heavy atom. The van der Waals surface area contributed by atoms with Gasteiger partial charge in [-0.1, -0.05) is 61.5 Å². The summed E-state index contributed by atoms with van der Waals surface area (Å²) in [4.78, 5) is 13.7. The van der Waals surface area contributed by atoms with Gasteiger partial charge in [0.2, 0.25) is 0 Å². The minimum atomic E-state index is 0.830. The van der Waals surface area contributed by atoms with Crippen molar-refractivity contribution in [1.29, 1.82) is 0 Å². The van der Waals surface area contributed by atoms with Crippen LogP contribution in [0.5, 0.6) is 0 Å². The average molecular weight is 459 g/mol. The van der Waals surface area contributed by atoms with Crippen LogP contribution in [0.2, 0.25) is 0 Å². The Balaban J connectivity index is 1.81. The summed E-state index contributed by atoms with van der Waals surface area (Å²) in [5.74, 6) is 1.03. The predicted molar refractivity (Wildman–Crippen MR) is 147 cm³/mol. The van der Waals surface area contributed by atoms with Gasteiger partial charge in [-0.2, -0.15) is 0 Å². The third-order valence-electron chi connectivity index (χ3n) is 5.19. The molecule has 33 heavy (non-hydrogen) atoms. The van der Waals surface area contributed by atoms with E-state index < -0.39 is 0 Å². The van der Waals surface area contributed by atoms with Crippen molar-refractivity contribution >= 4 is 47.4 Å². The molecule has 0 radical (unpaired) electrons. The van der Waals surface area contributed by atoms with Crippen LogP contribution in [0.25, 0.3) is 24.3 Å². The summed E-state index contributed by atoms with van der Waals surface area (Å²) >= 11 is 1.73. The summed E-state index contributed by atoms with van der Waals surface area (Å²) in [6.45, 7) is 2.21. The van der Waals surface area contributed by atoms with Crippen molar-refractivity contribution < 1.29 is 0 Å². The number of rotatable bonds is 10. The van der Waals surface area contributed by atoms with E-state index in [-0.39, 0.29) is 0 Å². The van der Waals surface area contributed by atoms with E-state index in [1.807, 2.05) is 6.07 Å². The van der Waals surface area contributed by atoms with Gasteiger partial charge in [-0.3, -0.25) is 0 Å². The van der Waals surface area contributed by atoms with Crippen molar-refractivity contribution in [2.45, 2.75) is 24.9 Å². The Kier molecular flexibility index (Phi) is 9.14. The number of hydrogen-bond acceptors (Lipinski definition) is 5. The fourth-order valence-electron chi connectivity index (χ4n) is 3.14. The first kappa shape index (κ1) is 24.6. The van der Waals surface area contributed by atoms with E-state index in [2.05, 4.69) is 118 Å². The molecule has 0 fully saturated rings. The highest BCUT2D eigenvalue weighted by molar-refractivity contribution is 7.99. The molecule has 1 aromatic heterocycles. The van der Waals surface area contributed by atoms with Crippen molar-refractivity contribution in [3.8, 4) is 0 Å². The van der Waals surface area contributed by atoms with Gasteiger partial charge < -0.3 is 9.80 Å². The van der Waals surface area contributed by atoms with Crippen LogP contribution in [-0.4, -0.2) is 43.9 Å². The van der Waals surface area contributed by atoms with Gasteiger partial charge in [0.05, 0.1) is 11.4 Å². The molecule has 172 valence electrons. The smallest absolute Gasteiger partial charge is 0.188 e. The van der Waals surface area contributed by atoms with Gasteiger partial charge in [0.15, 0.2) is 5.16 Å². The predicted octanol–water partition coefficient (Wildman–Crippen LogP) is 6.84. The summed E-state index contributed by atoms with van der Waals surface area (Å²) in [7, 11) is 8.20. The van der Waals surface area contributed by atoms with Crippen LogP contribution < -0.4 is 9.80 Å².